The minimum absolute atomic E-state index is 0.155. The van der Waals surface area contributed by atoms with Crippen LogP contribution in [0.15, 0.2) is 36.5 Å². The number of fused-ring (bicyclic) bond motifs is 1. The fourth-order valence-electron chi connectivity index (χ4n) is 4.87. The van der Waals surface area contributed by atoms with Crippen molar-refractivity contribution in [3.8, 4) is 0 Å². The van der Waals surface area contributed by atoms with Crippen LogP contribution in [0, 0.1) is 6.92 Å². The van der Waals surface area contributed by atoms with Gasteiger partial charge in [-0.2, -0.15) is 0 Å². The Balaban J connectivity index is 1.61. The van der Waals surface area contributed by atoms with Crippen LogP contribution in [0.2, 0.25) is 0 Å². The van der Waals surface area contributed by atoms with Crippen LogP contribution in [0.3, 0.4) is 0 Å². The fourth-order valence-corrected chi connectivity index (χ4v) is 4.87. The van der Waals surface area contributed by atoms with Crippen molar-refractivity contribution in [3.63, 3.8) is 0 Å². The normalized spacial score (nSPS) is 26.4. The van der Waals surface area contributed by atoms with Crippen LogP contribution in [-0.4, -0.2) is 62.9 Å². The number of likely N-dealkylation sites (tertiary alicyclic amines) is 2. The number of carbonyl (C=O) groups is 1. The average molecular weight is 367 g/mol. The van der Waals surface area contributed by atoms with Gasteiger partial charge in [0.15, 0.2) is 0 Å². The molecule has 144 valence electrons. The minimum atomic E-state index is 0.155. The van der Waals surface area contributed by atoms with Crippen LogP contribution in [0.25, 0.3) is 0 Å². The molecule has 3 atom stereocenters. The molecular formula is C21H29N5O. The Hall–Kier alpha value is -2.21. The van der Waals surface area contributed by atoms with E-state index in [-0.39, 0.29) is 18.5 Å². The molecule has 4 rings (SSSR count). The first-order valence-electron chi connectivity index (χ1n) is 10.0. The number of benzene rings is 1. The highest BCUT2D eigenvalue weighted by Crippen LogP contribution is 2.38. The van der Waals surface area contributed by atoms with E-state index in [1.165, 1.54) is 24.8 Å². The maximum Gasteiger partial charge on any atom is 0.244 e. The van der Waals surface area contributed by atoms with Crippen molar-refractivity contribution in [2.24, 2.45) is 0 Å². The zero-order valence-electron chi connectivity index (χ0n) is 16.3. The molecule has 2 aromatic rings. The lowest BCUT2D eigenvalue weighted by molar-refractivity contribution is -0.133. The predicted molar refractivity (Wildman–Crippen MR) is 104 cm³/mol. The summed E-state index contributed by atoms with van der Waals surface area (Å²) in [5.74, 6) is 0.517. The summed E-state index contributed by atoms with van der Waals surface area (Å²) in [5, 5.41) is 8.08. The second-order valence-electron chi connectivity index (χ2n) is 8.01. The lowest BCUT2D eigenvalue weighted by Gasteiger charge is -2.37. The first-order valence-corrected chi connectivity index (χ1v) is 10.0. The summed E-state index contributed by atoms with van der Waals surface area (Å²) >= 11 is 0. The van der Waals surface area contributed by atoms with Crippen LogP contribution < -0.4 is 0 Å². The van der Waals surface area contributed by atoms with Crippen LogP contribution >= 0.6 is 0 Å². The zero-order valence-corrected chi connectivity index (χ0v) is 16.3. The Bertz CT molecular complexity index is 774. The van der Waals surface area contributed by atoms with Crippen molar-refractivity contribution < 1.29 is 4.79 Å². The molecule has 0 bridgehead atoms. The molecule has 1 amide bonds. The number of carbonyl (C=O) groups excluding carboxylic acids is 1. The molecule has 1 aromatic carbocycles. The van der Waals surface area contributed by atoms with E-state index in [2.05, 4.69) is 57.5 Å². The maximum atomic E-state index is 13.2. The molecular weight excluding hydrogens is 338 g/mol. The number of rotatable bonds is 3. The summed E-state index contributed by atoms with van der Waals surface area (Å²) in [5.41, 5.74) is 2.18. The molecule has 6 heteroatoms. The van der Waals surface area contributed by atoms with E-state index in [9.17, 15) is 4.79 Å². The van der Waals surface area contributed by atoms with Gasteiger partial charge in [0, 0.05) is 30.7 Å². The van der Waals surface area contributed by atoms with E-state index in [0.29, 0.717) is 12.0 Å². The molecule has 2 saturated heterocycles. The third kappa shape index (κ3) is 3.76. The molecule has 2 aliphatic heterocycles. The Morgan fingerprint density at radius 2 is 2.00 bits per heavy atom. The van der Waals surface area contributed by atoms with Crippen molar-refractivity contribution in [1.29, 1.82) is 0 Å². The first kappa shape index (κ1) is 18.2. The van der Waals surface area contributed by atoms with Gasteiger partial charge in [0.05, 0.1) is 5.69 Å². The van der Waals surface area contributed by atoms with Gasteiger partial charge in [0.1, 0.15) is 6.54 Å². The van der Waals surface area contributed by atoms with E-state index < -0.39 is 0 Å². The van der Waals surface area contributed by atoms with Gasteiger partial charge in [-0.25, -0.2) is 4.68 Å². The van der Waals surface area contributed by atoms with Crippen LogP contribution in [-0.2, 0) is 11.3 Å². The van der Waals surface area contributed by atoms with Crippen molar-refractivity contribution in [1.82, 2.24) is 24.8 Å². The van der Waals surface area contributed by atoms with Gasteiger partial charge in [-0.05, 0) is 38.9 Å². The largest absolute Gasteiger partial charge is 0.336 e. The number of hydrogen-bond donors (Lipinski definition) is 0. The van der Waals surface area contributed by atoms with Crippen molar-refractivity contribution in [2.75, 3.05) is 20.1 Å². The van der Waals surface area contributed by atoms with Crippen LogP contribution in [0.5, 0.6) is 0 Å². The standard InChI is InChI=1S/C21H29N5O/c1-16-13-25(23-22-16)15-20(27)26-14-18(17-9-5-3-6-10-17)21-19(26)11-7-4-8-12-24(21)2/h3,5-6,9-10,13,18-19,21H,4,7-8,11-12,14-15H2,1-2H3/t18-,19+,21-/m0/s1. The Kier molecular flexibility index (Phi) is 5.25. The number of amides is 1. The molecule has 0 N–H and O–H groups in total. The SMILES string of the molecule is Cc1cn(CC(=O)N2C[C@@H](c3ccccc3)[C@H]3[C@H]2CCCCCN3C)nn1. The number of aromatic nitrogens is 3. The Morgan fingerprint density at radius 1 is 1.19 bits per heavy atom. The van der Waals surface area contributed by atoms with Gasteiger partial charge in [-0.15, -0.1) is 5.10 Å². The number of nitrogens with zero attached hydrogens (tertiary/aromatic N) is 5. The summed E-state index contributed by atoms with van der Waals surface area (Å²) in [6.07, 6.45) is 6.61. The van der Waals surface area contributed by atoms with Gasteiger partial charge in [-0.1, -0.05) is 48.4 Å². The molecule has 0 spiro atoms. The average Bonchev–Trinajstić information content (AvgIpc) is 3.23. The van der Waals surface area contributed by atoms with Crippen molar-refractivity contribution >= 4 is 5.91 Å². The summed E-state index contributed by atoms with van der Waals surface area (Å²) < 4.78 is 1.66. The third-order valence-corrected chi connectivity index (χ3v) is 6.12. The van der Waals surface area contributed by atoms with Crippen molar-refractivity contribution in [2.45, 2.75) is 57.2 Å². The second-order valence-corrected chi connectivity index (χ2v) is 8.01. The Labute approximate surface area is 161 Å². The monoisotopic (exact) mass is 367 g/mol. The van der Waals surface area contributed by atoms with Crippen LogP contribution in [0.4, 0.5) is 0 Å². The number of hydrogen-bond acceptors (Lipinski definition) is 4. The van der Waals surface area contributed by atoms with E-state index in [4.69, 9.17) is 0 Å². The molecule has 3 heterocycles. The van der Waals surface area contributed by atoms with Crippen LogP contribution in [0.1, 0.15) is 42.9 Å². The molecule has 0 radical (unpaired) electrons. The van der Waals surface area contributed by atoms with Gasteiger partial charge >= 0.3 is 0 Å². The molecule has 27 heavy (non-hydrogen) atoms. The smallest absolute Gasteiger partial charge is 0.244 e. The summed E-state index contributed by atoms with van der Waals surface area (Å²) in [6, 6.07) is 11.4. The molecule has 0 aliphatic carbocycles. The molecule has 2 fully saturated rings. The molecule has 1 aromatic heterocycles. The van der Waals surface area contributed by atoms with Gasteiger partial charge in [-0.3, -0.25) is 4.79 Å². The summed E-state index contributed by atoms with van der Waals surface area (Å²) in [7, 11) is 2.23. The molecule has 2 aliphatic rings. The number of likely N-dealkylation sites (N-methyl/N-ethyl adjacent to an activating group) is 1. The highest BCUT2D eigenvalue weighted by molar-refractivity contribution is 5.77. The van der Waals surface area contributed by atoms with E-state index in [1.807, 2.05) is 13.1 Å². The third-order valence-electron chi connectivity index (χ3n) is 6.12. The highest BCUT2D eigenvalue weighted by atomic mass is 16.2. The topological polar surface area (TPSA) is 54.3 Å². The van der Waals surface area contributed by atoms with E-state index in [0.717, 1.165) is 25.2 Å². The number of aryl methyl sites for hydroxylation is 1. The van der Waals surface area contributed by atoms with Crippen molar-refractivity contribution in [3.05, 3.63) is 47.8 Å². The first-order chi connectivity index (χ1) is 13.1. The Morgan fingerprint density at radius 3 is 2.74 bits per heavy atom. The zero-order chi connectivity index (χ0) is 18.8. The predicted octanol–water partition coefficient (Wildman–Crippen LogP) is 2.46. The minimum Gasteiger partial charge on any atom is -0.336 e. The molecule has 0 saturated carbocycles. The second kappa shape index (κ2) is 7.80. The quantitative estimate of drug-likeness (QED) is 0.836. The highest BCUT2D eigenvalue weighted by Gasteiger charge is 2.46. The van der Waals surface area contributed by atoms with Gasteiger partial charge < -0.3 is 9.80 Å². The fraction of sp³-hybridized carbons (Fsp3) is 0.571. The van der Waals surface area contributed by atoms with E-state index in [1.54, 1.807) is 4.68 Å². The lowest BCUT2D eigenvalue weighted by Crippen LogP contribution is -2.48. The van der Waals surface area contributed by atoms with Gasteiger partial charge in [0.25, 0.3) is 0 Å². The lowest BCUT2D eigenvalue weighted by atomic mass is 9.87. The summed E-state index contributed by atoms with van der Waals surface area (Å²) in [6.45, 7) is 4.06. The summed E-state index contributed by atoms with van der Waals surface area (Å²) in [4.78, 5) is 17.8. The molecule has 0 unspecified atom stereocenters. The maximum absolute atomic E-state index is 13.2. The molecule has 6 nitrogen and oxygen atoms in total. The van der Waals surface area contributed by atoms with Gasteiger partial charge in [0.2, 0.25) is 5.91 Å². The van der Waals surface area contributed by atoms with E-state index >= 15 is 0 Å².